The molecule has 3 aliphatic carbocycles. The van der Waals surface area contributed by atoms with Gasteiger partial charge in [0.2, 0.25) is 5.78 Å². The Labute approximate surface area is 230 Å². The summed E-state index contributed by atoms with van der Waals surface area (Å²) in [4.78, 5) is 54.6. The summed E-state index contributed by atoms with van der Waals surface area (Å²) in [5, 5.41) is 45.2. The highest BCUT2D eigenvalue weighted by atomic mass is 16.5. The van der Waals surface area contributed by atoms with Gasteiger partial charge in [-0.2, -0.15) is 0 Å². The first-order valence-corrected chi connectivity index (χ1v) is 12.7. The molecule has 0 saturated carbocycles. The van der Waals surface area contributed by atoms with Crippen molar-refractivity contribution in [1.29, 1.82) is 0 Å². The molecule has 0 fully saturated rings. The third-order valence-corrected chi connectivity index (χ3v) is 7.90. The molecule has 0 aromatic heterocycles. The molecule has 0 radical (unpaired) electrons. The molecule has 4 rings (SSSR count). The van der Waals surface area contributed by atoms with Gasteiger partial charge in [0.1, 0.15) is 22.8 Å². The van der Waals surface area contributed by atoms with Gasteiger partial charge in [0.15, 0.2) is 11.4 Å². The smallest absolute Gasteiger partial charge is 0.330 e. The zero-order valence-electron chi connectivity index (χ0n) is 22.9. The normalized spacial score (nSPS) is 26.1. The van der Waals surface area contributed by atoms with E-state index in [1.165, 1.54) is 11.0 Å². The molecule has 40 heavy (non-hydrogen) atoms. The molecule has 0 unspecified atom stereocenters. The highest BCUT2D eigenvalue weighted by Gasteiger charge is 2.63. The summed E-state index contributed by atoms with van der Waals surface area (Å²) in [5.41, 5.74) is 2.58. The molecule has 0 saturated heterocycles. The summed E-state index contributed by atoms with van der Waals surface area (Å²) >= 11 is 0. The van der Waals surface area contributed by atoms with Crippen molar-refractivity contribution in [1.82, 2.24) is 4.90 Å². The van der Waals surface area contributed by atoms with E-state index in [0.29, 0.717) is 11.3 Å². The molecule has 12 nitrogen and oxygen atoms in total. The zero-order valence-corrected chi connectivity index (χ0v) is 22.9. The minimum Gasteiger partial charge on any atom is -0.510 e. The number of anilines is 1. The van der Waals surface area contributed by atoms with Crippen LogP contribution in [0.5, 0.6) is 5.75 Å². The summed E-state index contributed by atoms with van der Waals surface area (Å²) in [7, 11) is 6.63. The number of benzene rings is 1. The molecule has 214 valence electrons. The second-order valence-electron chi connectivity index (χ2n) is 10.6. The number of nitrogens with two attached hydrogens (primary N) is 1. The fraction of sp³-hybridized carbons (Fsp3) is 0.429. The Bertz CT molecular complexity index is 1420. The second-order valence-corrected chi connectivity index (χ2v) is 10.6. The quantitative estimate of drug-likeness (QED) is 0.189. The van der Waals surface area contributed by atoms with Crippen LogP contribution >= 0.6 is 0 Å². The highest BCUT2D eigenvalue weighted by Crippen LogP contribution is 2.53. The molecule has 0 spiro atoms. The van der Waals surface area contributed by atoms with Crippen LogP contribution in [0.2, 0.25) is 0 Å². The van der Waals surface area contributed by atoms with E-state index in [2.05, 4.69) is 0 Å². The van der Waals surface area contributed by atoms with E-state index in [1.54, 1.807) is 46.1 Å². The molecule has 1 amide bonds. The van der Waals surface area contributed by atoms with E-state index < -0.39 is 69.8 Å². The van der Waals surface area contributed by atoms with Gasteiger partial charge in [-0.3, -0.25) is 19.3 Å². The highest BCUT2D eigenvalue weighted by molar-refractivity contribution is 6.25. The lowest BCUT2D eigenvalue weighted by atomic mass is 9.58. The summed E-state index contributed by atoms with van der Waals surface area (Å²) in [6.07, 6.45) is 2.55. The molecule has 0 heterocycles. The average Bonchev–Trinajstić information content (AvgIpc) is 2.85. The fourth-order valence-electron chi connectivity index (χ4n) is 6.19. The first kappa shape index (κ1) is 28.8. The Morgan fingerprint density at radius 2 is 1.82 bits per heavy atom. The number of rotatable bonds is 6. The number of primary amides is 1. The standard InChI is InChI=1S/C28H33N3O9/c1-6-40-17(32)8-7-12-11-16(30(2)3)14-9-13-10-15-21(31(4)5)24(35)20(27(29)38)26(37)28(15,39)25(36)18(13)23(34)19(14)22(12)33/h7-8,11,13,15,21,33,35-36,39H,6,9-10H2,1-5H3,(H2,29,38)/b8-7+/t13-,15-,21-,28-/m0/s1. The molecule has 1 aromatic rings. The van der Waals surface area contributed by atoms with Crippen LogP contribution in [0, 0.1) is 11.8 Å². The molecule has 3 aliphatic rings. The maximum atomic E-state index is 14.0. The Morgan fingerprint density at radius 3 is 2.38 bits per heavy atom. The minimum absolute atomic E-state index is 0.0100. The van der Waals surface area contributed by atoms with Gasteiger partial charge in [-0.15, -0.1) is 0 Å². The van der Waals surface area contributed by atoms with Crippen LogP contribution in [-0.4, -0.2) is 95.2 Å². The van der Waals surface area contributed by atoms with E-state index in [-0.39, 0.29) is 36.1 Å². The Hall–Kier alpha value is -4.16. The van der Waals surface area contributed by atoms with E-state index in [9.17, 15) is 39.6 Å². The van der Waals surface area contributed by atoms with E-state index in [4.69, 9.17) is 10.5 Å². The van der Waals surface area contributed by atoms with E-state index in [1.807, 2.05) is 0 Å². The number of phenolic OH excluding ortho intramolecular Hbond substituents is 1. The molecule has 12 heteroatoms. The topological polar surface area (TPSA) is 191 Å². The number of aliphatic hydroxyl groups excluding tert-OH is 2. The van der Waals surface area contributed by atoms with Crippen molar-refractivity contribution in [3.63, 3.8) is 0 Å². The predicted molar refractivity (Wildman–Crippen MR) is 144 cm³/mol. The van der Waals surface area contributed by atoms with Gasteiger partial charge in [0, 0.05) is 42.9 Å². The molecule has 0 aliphatic heterocycles. The molecule has 1 aromatic carbocycles. The Kier molecular flexibility index (Phi) is 7.28. The number of hydrogen-bond acceptors (Lipinski definition) is 11. The second kappa shape index (κ2) is 10.1. The number of phenols is 1. The number of esters is 1. The van der Waals surface area contributed by atoms with Gasteiger partial charge >= 0.3 is 5.97 Å². The van der Waals surface area contributed by atoms with Crippen LogP contribution < -0.4 is 10.6 Å². The number of nitrogens with zero attached hydrogens (tertiary/aromatic N) is 2. The van der Waals surface area contributed by atoms with Gasteiger partial charge in [0.25, 0.3) is 5.91 Å². The van der Waals surface area contributed by atoms with Gasteiger partial charge < -0.3 is 35.8 Å². The van der Waals surface area contributed by atoms with Crippen molar-refractivity contribution in [3.8, 4) is 5.75 Å². The van der Waals surface area contributed by atoms with Gasteiger partial charge in [-0.25, -0.2) is 4.79 Å². The lowest BCUT2D eigenvalue weighted by Crippen LogP contribution is -2.63. The van der Waals surface area contributed by atoms with Crippen molar-refractivity contribution in [3.05, 3.63) is 51.5 Å². The summed E-state index contributed by atoms with van der Waals surface area (Å²) in [5.74, 6) is -7.85. The SMILES string of the molecule is CCOC(=O)/C=C/c1cc(N(C)C)c2c(c1O)C(=O)C1=C(O)[C@]3(O)C(=O)C(C(N)=O)=C(O)[C@@H](N(C)C)[C@@H]3C[C@@H]1C2. The summed E-state index contributed by atoms with van der Waals surface area (Å²) in [6.45, 7) is 1.79. The summed E-state index contributed by atoms with van der Waals surface area (Å²) in [6, 6.07) is 0.549. The number of carbonyl (C=O) groups is 4. The van der Waals surface area contributed by atoms with Crippen LogP contribution in [-0.2, 0) is 25.5 Å². The van der Waals surface area contributed by atoms with Gasteiger partial charge in [0.05, 0.1) is 18.2 Å². The van der Waals surface area contributed by atoms with Crippen molar-refractivity contribution < 1.29 is 44.3 Å². The number of hydrogen-bond donors (Lipinski definition) is 5. The lowest BCUT2D eigenvalue weighted by Gasteiger charge is -2.50. The third kappa shape index (κ3) is 4.14. The minimum atomic E-state index is -2.72. The lowest BCUT2D eigenvalue weighted by molar-refractivity contribution is -0.148. The number of aromatic hydroxyl groups is 1. The third-order valence-electron chi connectivity index (χ3n) is 7.90. The number of carbonyl (C=O) groups excluding carboxylic acids is 4. The van der Waals surface area contributed by atoms with Crippen molar-refractivity contribution in [2.24, 2.45) is 17.6 Å². The first-order valence-electron chi connectivity index (χ1n) is 12.7. The van der Waals surface area contributed by atoms with Crippen molar-refractivity contribution in [2.75, 3.05) is 39.7 Å². The van der Waals surface area contributed by atoms with E-state index in [0.717, 1.165) is 6.08 Å². The van der Waals surface area contributed by atoms with E-state index >= 15 is 0 Å². The Balaban J connectivity index is 1.94. The number of ketones is 2. The van der Waals surface area contributed by atoms with Crippen molar-refractivity contribution >= 4 is 35.2 Å². The summed E-state index contributed by atoms with van der Waals surface area (Å²) < 4.78 is 4.89. The number of amides is 1. The Morgan fingerprint density at radius 1 is 1.18 bits per heavy atom. The number of fused-ring (bicyclic) bond motifs is 3. The number of aliphatic hydroxyl groups is 3. The molecule has 6 N–H and O–H groups in total. The zero-order chi connectivity index (χ0) is 29.8. The predicted octanol–water partition coefficient (Wildman–Crippen LogP) is 0.763. The van der Waals surface area contributed by atoms with Gasteiger partial charge in [-0.1, -0.05) is 0 Å². The maximum absolute atomic E-state index is 14.0. The monoisotopic (exact) mass is 555 g/mol. The van der Waals surface area contributed by atoms with Gasteiger partial charge in [-0.05, 0) is 57.5 Å². The number of allylic oxidation sites excluding steroid dienone is 1. The molecular formula is C28H33N3O9. The molecular weight excluding hydrogens is 522 g/mol. The molecule has 0 bridgehead atoms. The van der Waals surface area contributed by atoms with Crippen LogP contribution in [0.3, 0.4) is 0 Å². The number of likely N-dealkylation sites (N-methyl/N-ethyl adjacent to an activating group) is 1. The largest absolute Gasteiger partial charge is 0.510 e. The first-order chi connectivity index (χ1) is 18.7. The number of Topliss-reactive ketones (excluding diaryl/α,β-unsaturated/α-hetero) is 2. The molecule has 4 atom stereocenters. The van der Waals surface area contributed by atoms with Crippen LogP contribution in [0.1, 0.15) is 34.8 Å². The van der Waals surface area contributed by atoms with Crippen LogP contribution in [0.15, 0.2) is 34.8 Å². The fourth-order valence-corrected chi connectivity index (χ4v) is 6.19. The van der Waals surface area contributed by atoms with Crippen LogP contribution in [0.4, 0.5) is 5.69 Å². The van der Waals surface area contributed by atoms with Crippen molar-refractivity contribution in [2.45, 2.75) is 31.4 Å². The maximum Gasteiger partial charge on any atom is 0.330 e. The number of ether oxygens (including phenoxy) is 1. The van der Waals surface area contributed by atoms with Crippen LogP contribution in [0.25, 0.3) is 6.08 Å². The average molecular weight is 556 g/mol.